The number of amides is 2. The summed E-state index contributed by atoms with van der Waals surface area (Å²) in [4.78, 5) is 28.5. The van der Waals surface area contributed by atoms with Crippen molar-refractivity contribution in [1.29, 1.82) is 0 Å². The zero-order valence-corrected chi connectivity index (χ0v) is 19.0. The Bertz CT molecular complexity index is 893. The van der Waals surface area contributed by atoms with E-state index in [1.165, 1.54) is 22.2 Å². The van der Waals surface area contributed by atoms with Gasteiger partial charge < -0.3 is 15.2 Å². The molecular weight excluding hydrogens is 400 g/mol. The topological polar surface area (TPSA) is 78.9 Å². The zero-order chi connectivity index (χ0) is 22.3. The van der Waals surface area contributed by atoms with Crippen molar-refractivity contribution in [2.75, 3.05) is 24.6 Å². The fraction of sp³-hybridized carbons (Fsp3) is 0.391. The number of aryl methyl sites for hydroxylation is 2. The van der Waals surface area contributed by atoms with Crippen molar-refractivity contribution in [3.05, 3.63) is 53.6 Å². The van der Waals surface area contributed by atoms with Crippen molar-refractivity contribution >= 4 is 29.4 Å². The molecule has 2 N–H and O–H groups in total. The molecule has 2 aromatic rings. The normalized spacial score (nSPS) is 11.1. The Labute approximate surface area is 182 Å². The summed E-state index contributed by atoms with van der Waals surface area (Å²) in [5, 5.41) is 11.5. The Balaban J connectivity index is 2.39. The molecule has 0 aliphatic rings. The highest BCUT2D eigenvalue weighted by Gasteiger charge is 2.27. The van der Waals surface area contributed by atoms with Crippen LogP contribution in [0.5, 0.6) is 0 Å². The lowest BCUT2D eigenvalue weighted by molar-refractivity contribution is -0.120. The highest BCUT2D eigenvalue weighted by molar-refractivity contribution is 7.99. The third kappa shape index (κ3) is 7.07. The molecule has 0 unspecified atom stereocenters. The molecule has 0 atom stereocenters. The van der Waals surface area contributed by atoms with Crippen LogP contribution in [0.3, 0.4) is 0 Å². The van der Waals surface area contributed by atoms with Gasteiger partial charge in [-0.3, -0.25) is 9.69 Å². The van der Waals surface area contributed by atoms with E-state index in [-0.39, 0.29) is 25.6 Å². The Hall–Kier alpha value is -2.51. The molecule has 0 aromatic heterocycles. The van der Waals surface area contributed by atoms with Crippen LogP contribution in [0.15, 0.2) is 52.3 Å². The van der Waals surface area contributed by atoms with E-state index in [0.717, 1.165) is 15.4 Å². The van der Waals surface area contributed by atoms with E-state index < -0.39 is 11.7 Å². The molecule has 0 fully saturated rings. The van der Waals surface area contributed by atoms with Crippen LogP contribution in [0.25, 0.3) is 0 Å². The quantitative estimate of drug-likeness (QED) is 0.685. The molecule has 0 aliphatic heterocycles. The van der Waals surface area contributed by atoms with E-state index in [9.17, 15) is 9.59 Å². The predicted octanol–water partition coefficient (Wildman–Crippen LogP) is 4.30. The van der Waals surface area contributed by atoms with Crippen molar-refractivity contribution in [3.8, 4) is 0 Å². The van der Waals surface area contributed by atoms with E-state index in [1.807, 2.05) is 38.1 Å². The Morgan fingerprint density at radius 1 is 1.10 bits per heavy atom. The smallest absolute Gasteiger partial charge is 0.415 e. The van der Waals surface area contributed by atoms with Gasteiger partial charge in [0, 0.05) is 16.3 Å². The number of hydrogen-bond donors (Lipinski definition) is 2. The van der Waals surface area contributed by atoms with E-state index in [2.05, 4.69) is 17.4 Å². The zero-order valence-electron chi connectivity index (χ0n) is 18.2. The lowest BCUT2D eigenvalue weighted by Crippen LogP contribution is -2.44. The van der Waals surface area contributed by atoms with Gasteiger partial charge in [-0.25, -0.2) is 4.79 Å². The number of rotatable bonds is 7. The molecule has 2 amide bonds. The van der Waals surface area contributed by atoms with Gasteiger partial charge in [0.15, 0.2) is 0 Å². The lowest BCUT2D eigenvalue weighted by atomic mass is 10.2. The molecule has 0 bridgehead atoms. The minimum absolute atomic E-state index is 0.125. The van der Waals surface area contributed by atoms with Crippen LogP contribution in [0.4, 0.5) is 10.5 Å². The molecule has 0 saturated carbocycles. The first-order chi connectivity index (χ1) is 14.1. The molecular formula is C23H30N2O4S. The molecule has 2 rings (SSSR count). The third-order valence-electron chi connectivity index (χ3n) is 4.06. The first kappa shape index (κ1) is 23.8. The number of hydrogen-bond acceptors (Lipinski definition) is 5. The van der Waals surface area contributed by atoms with Gasteiger partial charge in [0.25, 0.3) is 0 Å². The van der Waals surface area contributed by atoms with Gasteiger partial charge in [-0.2, -0.15) is 0 Å². The van der Waals surface area contributed by atoms with Crippen LogP contribution in [0, 0.1) is 13.8 Å². The minimum atomic E-state index is -0.702. The number of anilines is 1. The lowest BCUT2D eigenvalue weighted by Gasteiger charge is -2.28. The summed E-state index contributed by atoms with van der Waals surface area (Å²) in [7, 11) is 0. The molecule has 7 heteroatoms. The summed E-state index contributed by atoms with van der Waals surface area (Å²) < 4.78 is 5.55. The Morgan fingerprint density at radius 3 is 2.43 bits per heavy atom. The highest BCUT2D eigenvalue weighted by atomic mass is 32.2. The second-order valence-electron chi connectivity index (χ2n) is 7.98. The first-order valence-corrected chi connectivity index (χ1v) is 10.6. The molecule has 30 heavy (non-hydrogen) atoms. The van der Waals surface area contributed by atoms with Gasteiger partial charge in [-0.1, -0.05) is 41.6 Å². The number of carbonyl (C=O) groups excluding carboxylic acids is 2. The second-order valence-corrected chi connectivity index (χ2v) is 9.06. The van der Waals surface area contributed by atoms with Crippen molar-refractivity contribution in [2.24, 2.45) is 0 Å². The summed E-state index contributed by atoms with van der Waals surface area (Å²) in [6.07, 6.45) is -0.602. The maximum Gasteiger partial charge on any atom is 0.415 e. The van der Waals surface area contributed by atoms with Crippen molar-refractivity contribution in [3.63, 3.8) is 0 Å². The van der Waals surface area contributed by atoms with Crippen LogP contribution in [-0.4, -0.2) is 42.4 Å². The number of benzene rings is 2. The van der Waals surface area contributed by atoms with Crippen molar-refractivity contribution < 1.29 is 19.4 Å². The van der Waals surface area contributed by atoms with Gasteiger partial charge in [-0.15, -0.1) is 0 Å². The van der Waals surface area contributed by atoms with Crippen LogP contribution in [-0.2, 0) is 9.53 Å². The number of nitrogens with zero attached hydrogens (tertiary/aromatic N) is 1. The number of ether oxygens (including phenoxy) is 1. The van der Waals surface area contributed by atoms with Gasteiger partial charge in [0.1, 0.15) is 12.1 Å². The molecule has 0 saturated heterocycles. The summed E-state index contributed by atoms with van der Waals surface area (Å²) in [6, 6.07) is 13.7. The van der Waals surface area contributed by atoms with E-state index in [1.54, 1.807) is 26.8 Å². The average Bonchev–Trinajstić information content (AvgIpc) is 2.66. The van der Waals surface area contributed by atoms with Crippen molar-refractivity contribution in [2.45, 2.75) is 50.0 Å². The monoisotopic (exact) mass is 430 g/mol. The van der Waals surface area contributed by atoms with Crippen LogP contribution in [0.1, 0.15) is 31.9 Å². The summed E-state index contributed by atoms with van der Waals surface area (Å²) >= 11 is 1.54. The predicted molar refractivity (Wildman–Crippen MR) is 120 cm³/mol. The van der Waals surface area contributed by atoms with Crippen LogP contribution >= 0.6 is 11.8 Å². The van der Waals surface area contributed by atoms with Gasteiger partial charge >= 0.3 is 6.09 Å². The fourth-order valence-electron chi connectivity index (χ4n) is 2.76. The molecule has 0 spiro atoms. The molecule has 0 radical (unpaired) electrons. The largest absolute Gasteiger partial charge is 0.443 e. The Kier molecular flexibility index (Phi) is 8.32. The Morgan fingerprint density at radius 2 is 1.80 bits per heavy atom. The van der Waals surface area contributed by atoms with E-state index in [0.29, 0.717) is 5.69 Å². The highest BCUT2D eigenvalue weighted by Crippen LogP contribution is 2.37. The summed E-state index contributed by atoms with van der Waals surface area (Å²) in [6.45, 7) is 9.19. The van der Waals surface area contributed by atoms with E-state index in [4.69, 9.17) is 9.84 Å². The maximum absolute atomic E-state index is 12.9. The number of aliphatic hydroxyl groups excluding tert-OH is 1. The first-order valence-electron chi connectivity index (χ1n) is 9.83. The summed E-state index contributed by atoms with van der Waals surface area (Å²) in [5.74, 6) is -0.374. The molecule has 2 aromatic carbocycles. The van der Waals surface area contributed by atoms with Crippen LogP contribution in [0.2, 0.25) is 0 Å². The number of aliphatic hydroxyl groups is 1. The SMILES string of the molecule is Cc1ccc(Sc2ccccc2N(CC(=O)NCCO)C(=O)OC(C)(C)C)c(C)c1. The van der Waals surface area contributed by atoms with Gasteiger partial charge in [0.05, 0.1) is 12.3 Å². The minimum Gasteiger partial charge on any atom is -0.443 e. The van der Waals surface area contributed by atoms with Gasteiger partial charge in [0.2, 0.25) is 5.91 Å². The fourth-order valence-corrected chi connectivity index (χ4v) is 3.78. The molecule has 162 valence electrons. The average molecular weight is 431 g/mol. The number of carbonyl (C=O) groups is 2. The van der Waals surface area contributed by atoms with E-state index >= 15 is 0 Å². The van der Waals surface area contributed by atoms with Crippen molar-refractivity contribution in [1.82, 2.24) is 5.32 Å². The standard InChI is InChI=1S/C23H30N2O4S/c1-16-10-11-19(17(2)14-16)30-20-9-7-6-8-18(20)25(15-21(27)24-12-13-26)22(28)29-23(3,4)5/h6-11,14,26H,12-13,15H2,1-5H3,(H,24,27). The molecule has 0 heterocycles. The van der Waals surface area contributed by atoms with Crippen LogP contribution < -0.4 is 10.2 Å². The molecule has 0 aliphatic carbocycles. The van der Waals surface area contributed by atoms with Gasteiger partial charge in [-0.05, 0) is 58.4 Å². The third-order valence-corrected chi connectivity index (χ3v) is 5.30. The second kappa shape index (κ2) is 10.5. The number of para-hydroxylation sites is 1. The summed E-state index contributed by atoms with van der Waals surface area (Å²) in [5.41, 5.74) is 2.21. The number of nitrogens with one attached hydrogen (secondary N) is 1. The maximum atomic E-state index is 12.9. The molecule has 6 nitrogen and oxygen atoms in total.